The van der Waals surface area contributed by atoms with E-state index in [1.807, 2.05) is 0 Å². The first-order chi connectivity index (χ1) is 10.9. The van der Waals surface area contributed by atoms with Crippen molar-refractivity contribution in [2.75, 3.05) is 5.32 Å². The van der Waals surface area contributed by atoms with E-state index in [1.54, 1.807) is 31.2 Å². The summed E-state index contributed by atoms with van der Waals surface area (Å²) in [5, 5.41) is 5.32. The van der Waals surface area contributed by atoms with E-state index >= 15 is 0 Å². The second-order valence-electron chi connectivity index (χ2n) is 5.34. The molecule has 0 saturated carbocycles. The molecule has 0 aliphatic rings. The molecule has 1 atom stereocenters. The number of hydrogen-bond acceptors (Lipinski definition) is 5. The van der Waals surface area contributed by atoms with Gasteiger partial charge in [-0.25, -0.2) is 5.90 Å². The molecular formula is C16H23N3O4. The molecule has 23 heavy (non-hydrogen) atoms. The second kappa shape index (κ2) is 9.70. The van der Waals surface area contributed by atoms with Crippen LogP contribution in [-0.2, 0) is 25.8 Å². The molecule has 0 unspecified atom stereocenters. The number of carbonyl (C=O) groups is 3. The minimum absolute atomic E-state index is 0.0482. The van der Waals surface area contributed by atoms with Crippen LogP contribution in [0.25, 0.3) is 0 Å². The Labute approximate surface area is 135 Å². The fraction of sp³-hybridized carbons (Fsp3) is 0.438. The smallest absolute Gasteiger partial charge is 0.246 e. The summed E-state index contributed by atoms with van der Waals surface area (Å²) >= 11 is 0. The average molecular weight is 321 g/mol. The first-order valence-electron chi connectivity index (χ1n) is 7.42. The highest BCUT2D eigenvalue weighted by molar-refractivity contribution is 5.96. The van der Waals surface area contributed by atoms with E-state index in [4.69, 9.17) is 5.90 Å². The third-order valence-corrected chi connectivity index (χ3v) is 3.17. The Morgan fingerprint density at radius 2 is 1.83 bits per heavy atom. The molecule has 0 saturated heterocycles. The average Bonchev–Trinajstić information content (AvgIpc) is 2.49. The van der Waals surface area contributed by atoms with Crippen molar-refractivity contribution in [1.29, 1.82) is 0 Å². The summed E-state index contributed by atoms with van der Waals surface area (Å²) in [6.45, 7) is 3.38. The van der Waals surface area contributed by atoms with E-state index in [0.29, 0.717) is 25.1 Å². The van der Waals surface area contributed by atoms with Crippen molar-refractivity contribution in [2.24, 2.45) is 5.90 Å². The second-order valence-corrected chi connectivity index (χ2v) is 5.34. The summed E-state index contributed by atoms with van der Waals surface area (Å²) in [6.07, 6.45) is 1.08. The van der Waals surface area contributed by atoms with Gasteiger partial charge < -0.3 is 15.4 Å². The summed E-state index contributed by atoms with van der Waals surface area (Å²) in [5.74, 6) is 4.48. The third-order valence-electron chi connectivity index (χ3n) is 3.17. The maximum Gasteiger partial charge on any atom is 0.246 e. The third kappa shape index (κ3) is 7.53. The number of ketones is 1. The molecule has 126 valence electrons. The van der Waals surface area contributed by atoms with Gasteiger partial charge in [0.15, 0.2) is 0 Å². The van der Waals surface area contributed by atoms with Crippen LogP contribution in [0.3, 0.4) is 0 Å². The van der Waals surface area contributed by atoms with Crippen molar-refractivity contribution in [3.63, 3.8) is 0 Å². The van der Waals surface area contributed by atoms with Gasteiger partial charge in [-0.15, -0.1) is 0 Å². The van der Waals surface area contributed by atoms with Gasteiger partial charge in [0.1, 0.15) is 11.8 Å². The Bertz CT molecular complexity index is 543. The monoisotopic (exact) mass is 321 g/mol. The quantitative estimate of drug-likeness (QED) is 0.593. The van der Waals surface area contributed by atoms with Gasteiger partial charge in [-0.2, -0.15) is 0 Å². The maximum atomic E-state index is 12.0. The minimum Gasteiger partial charge on any atom is -0.345 e. The lowest BCUT2D eigenvalue weighted by atomic mass is 10.1. The van der Waals surface area contributed by atoms with Gasteiger partial charge in [-0.1, -0.05) is 12.1 Å². The Morgan fingerprint density at radius 3 is 2.39 bits per heavy atom. The fourth-order valence-electron chi connectivity index (χ4n) is 1.91. The Kier molecular flexibility index (Phi) is 7.93. The molecule has 7 nitrogen and oxygen atoms in total. The predicted octanol–water partition coefficient (Wildman–Crippen LogP) is 1.28. The van der Waals surface area contributed by atoms with Crippen LogP contribution < -0.4 is 16.5 Å². The summed E-state index contributed by atoms with van der Waals surface area (Å²) in [5.41, 5.74) is 1.51. The molecule has 0 fully saturated rings. The Hall–Kier alpha value is -2.25. The van der Waals surface area contributed by atoms with Gasteiger partial charge >= 0.3 is 0 Å². The molecule has 0 aliphatic carbocycles. The van der Waals surface area contributed by atoms with E-state index < -0.39 is 6.04 Å². The summed E-state index contributed by atoms with van der Waals surface area (Å²) < 4.78 is 0. The lowest BCUT2D eigenvalue weighted by Crippen LogP contribution is -2.41. The first kappa shape index (κ1) is 18.8. The van der Waals surface area contributed by atoms with Gasteiger partial charge in [0.25, 0.3) is 0 Å². The predicted molar refractivity (Wildman–Crippen MR) is 86.2 cm³/mol. The SMILES string of the molecule is CC(=O)CCCC(=O)N[C@H](C)C(=O)Nc1ccc(CON)cc1. The normalized spacial score (nSPS) is 11.6. The molecule has 1 aromatic rings. The van der Waals surface area contributed by atoms with Crippen LogP contribution in [0.15, 0.2) is 24.3 Å². The molecular weight excluding hydrogens is 298 g/mol. The van der Waals surface area contributed by atoms with Crippen LogP contribution in [-0.4, -0.2) is 23.6 Å². The van der Waals surface area contributed by atoms with Crippen LogP contribution in [0.5, 0.6) is 0 Å². The number of rotatable bonds is 9. The molecule has 0 heterocycles. The molecule has 0 spiro atoms. The number of amides is 2. The van der Waals surface area contributed by atoms with Gasteiger partial charge in [0.2, 0.25) is 11.8 Å². The van der Waals surface area contributed by atoms with Gasteiger partial charge in [0, 0.05) is 18.5 Å². The summed E-state index contributed by atoms with van der Waals surface area (Å²) in [4.78, 5) is 39.0. The summed E-state index contributed by atoms with van der Waals surface area (Å²) in [7, 11) is 0. The molecule has 2 amide bonds. The largest absolute Gasteiger partial charge is 0.345 e. The Morgan fingerprint density at radius 1 is 1.17 bits per heavy atom. The number of hydrogen-bond donors (Lipinski definition) is 3. The van der Waals surface area contributed by atoms with Gasteiger partial charge in [-0.05, 0) is 38.0 Å². The van der Waals surface area contributed by atoms with Crippen molar-refractivity contribution in [2.45, 2.75) is 45.8 Å². The van der Waals surface area contributed by atoms with Crippen LogP contribution in [0.4, 0.5) is 5.69 Å². The van der Waals surface area contributed by atoms with E-state index in [0.717, 1.165) is 5.56 Å². The van der Waals surface area contributed by atoms with Crippen LogP contribution >= 0.6 is 0 Å². The molecule has 0 aromatic heterocycles. The van der Waals surface area contributed by atoms with Gasteiger partial charge in [-0.3, -0.25) is 14.4 Å². The van der Waals surface area contributed by atoms with E-state index in [9.17, 15) is 14.4 Å². The molecule has 1 aromatic carbocycles. The number of carbonyl (C=O) groups excluding carboxylic acids is 3. The topological polar surface area (TPSA) is 111 Å². The number of anilines is 1. The standard InChI is InChI=1S/C16H23N3O4/c1-11(20)4-3-5-15(21)18-12(2)16(22)19-14-8-6-13(7-9-14)10-23-17/h6-9,12H,3-5,10,17H2,1-2H3,(H,18,21)(H,19,22)/t12-/m1/s1. The highest BCUT2D eigenvalue weighted by Crippen LogP contribution is 2.10. The van der Waals surface area contributed by atoms with Crippen molar-refractivity contribution < 1.29 is 19.2 Å². The number of Topliss-reactive ketones (excluding diaryl/α,β-unsaturated/α-hetero) is 1. The van der Waals surface area contributed by atoms with Crippen LogP contribution in [0.2, 0.25) is 0 Å². The zero-order valence-corrected chi connectivity index (χ0v) is 13.4. The molecule has 7 heteroatoms. The number of nitrogens with one attached hydrogen (secondary N) is 2. The number of benzene rings is 1. The van der Waals surface area contributed by atoms with Crippen LogP contribution in [0.1, 0.15) is 38.7 Å². The molecule has 1 rings (SSSR count). The van der Waals surface area contributed by atoms with E-state index in [-0.39, 0.29) is 24.0 Å². The maximum absolute atomic E-state index is 12.0. The van der Waals surface area contributed by atoms with Gasteiger partial charge in [0.05, 0.1) is 6.61 Å². The lowest BCUT2D eigenvalue weighted by Gasteiger charge is -2.14. The van der Waals surface area contributed by atoms with Crippen molar-refractivity contribution in [3.8, 4) is 0 Å². The molecule has 0 aliphatic heterocycles. The molecule has 0 radical (unpaired) electrons. The zero-order chi connectivity index (χ0) is 17.2. The number of nitrogens with two attached hydrogens (primary N) is 1. The molecule has 4 N–H and O–H groups in total. The highest BCUT2D eigenvalue weighted by atomic mass is 16.6. The van der Waals surface area contributed by atoms with Crippen LogP contribution in [0, 0.1) is 0 Å². The zero-order valence-electron chi connectivity index (χ0n) is 13.4. The summed E-state index contributed by atoms with van der Waals surface area (Å²) in [6, 6.07) is 6.37. The molecule has 0 bridgehead atoms. The van der Waals surface area contributed by atoms with Crippen molar-refractivity contribution >= 4 is 23.3 Å². The van der Waals surface area contributed by atoms with E-state index in [1.165, 1.54) is 6.92 Å². The van der Waals surface area contributed by atoms with E-state index in [2.05, 4.69) is 15.5 Å². The fourth-order valence-corrected chi connectivity index (χ4v) is 1.91. The van der Waals surface area contributed by atoms with Crippen molar-refractivity contribution in [3.05, 3.63) is 29.8 Å². The lowest BCUT2D eigenvalue weighted by molar-refractivity contribution is -0.126. The Balaban J connectivity index is 2.40. The van der Waals surface area contributed by atoms with Crippen molar-refractivity contribution in [1.82, 2.24) is 5.32 Å². The highest BCUT2D eigenvalue weighted by Gasteiger charge is 2.15. The first-order valence-corrected chi connectivity index (χ1v) is 7.42. The minimum atomic E-state index is -0.660.